The van der Waals surface area contributed by atoms with Crippen molar-refractivity contribution in [3.05, 3.63) is 35.9 Å². The van der Waals surface area contributed by atoms with E-state index in [1.54, 1.807) is 24.3 Å². The Balaban J connectivity index is 2.55. The van der Waals surface area contributed by atoms with E-state index in [0.717, 1.165) is 25.7 Å². The largest absolute Gasteiger partial charge is 0.290 e. The zero-order valence-corrected chi connectivity index (χ0v) is 10.6. The summed E-state index contributed by atoms with van der Waals surface area (Å²) in [5, 5.41) is 0. The third-order valence-corrected chi connectivity index (χ3v) is 2.95. The minimum Gasteiger partial charge on any atom is -0.290 e. The van der Waals surface area contributed by atoms with Gasteiger partial charge in [0.15, 0.2) is 0 Å². The number of carbonyl (C=O) groups is 2. The molecule has 0 amide bonds. The molecule has 0 aliphatic heterocycles. The highest BCUT2D eigenvalue weighted by Crippen LogP contribution is 2.13. The van der Waals surface area contributed by atoms with E-state index in [0.29, 0.717) is 5.56 Å². The van der Waals surface area contributed by atoms with Crippen LogP contribution in [0.25, 0.3) is 0 Å². The number of benzene rings is 1. The Morgan fingerprint density at radius 3 is 2.35 bits per heavy atom. The molecule has 0 spiro atoms. The van der Waals surface area contributed by atoms with Crippen LogP contribution in [0.2, 0.25) is 0 Å². The van der Waals surface area contributed by atoms with Crippen molar-refractivity contribution in [1.82, 2.24) is 0 Å². The SMILES string of the molecule is CCCCCC(C)C(=O)C(=O)c1ccccc1. The van der Waals surface area contributed by atoms with Crippen LogP contribution < -0.4 is 0 Å². The van der Waals surface area contributed by atoms with E-state index >= 15 is 0 Å². The average molecular weight is 232 g/mol. The summed E-state index contributed by atoms with van der Waals surface area (Å²) in [6.45, 7) is 3.97. The zero-order valence-electron chi connectivity index (χ0n) is 10.6. The van der Waals surface area contributed by atoms with Gasteiger partial charge in [0.25, 0.3) is 0 Å². The topological polar surface area (TPSA) is 34.1 Å². The van der Waals surface area contributed by atoms with E-state index in [4.69, 9.17) is 0 Å². The molecule has 0 radical (unpaired) electrons. The van der Waals surface area contributed by atoms with Crippen LogP contribution in [0.15, 0.2) is 30.3 Å². The van der Waals surface area contributed by atoms with E-state index in [2.05, 4.69) is 6.92 Å². The molecule has 1 rings (SSSR count). The second kappa shape index (κ2) is 7.00. The highest BCUT2D eigenvalue weighted by Gasteiger charge is 2.21. The van der Waals surface area contributed by atoms with Crippen LogP contribution in [-0.4, -0.2) is 11.6 Å². The molecule has 0 N–H and O–H groups in total. The first kappa shape index (κ1) is 13.6. The number of hydrogen-bond acceptors (Lipinski definition) is 2. The van der Waals surface area contributed by atoms with Crippen LogP contribution >= 0.6 is 0 Å². The lowest BCUT2D eigenvalue weighted by atomic mass is 9.93. The van der Waals surface area contributed by atoms with Crippen LogP contribution in [0.4, 0.5) is 0 Å². The van der Waals surface area contributed by atoms with Crippen molar-refractivity contribution >= 4 is 11.6 Å². The molecule has 17 heavy (non-hydrogen) atoms. The second-order valence-electron chi connectivity index (χ2n) is 4.46. The maximum Gasteiger partial charge on any atom is 0.228 e. The molecule has 0 heterocycles. The molecular formula is C15H20O2. The quantitative estimate of drug-likeness (QED) is 0.408. The minimum atomic E-state index is -0.352. The van der Waals surface area contributed by atoms with Gasteiger partial charge >= 0.3 is 0 Å². The lowest BCUT2D eigenvalue weighted by molar-refractivity contribution is -0.118. The molecule has 92 valence electrons. The van der Waals surface area contributed by atoms with Crippen molar-refractivity contribution < 1.29 is 9.59 Å². The van der Waals surface area contributed by atoms with Crippen LogP contribution in [0.1, 0.15) is 49.9 Å². The first-order valence-corrected chi connectivity index (χ1v) is 6.30. The summed E-state index contributed by atoms with van der Waals surface area (Å²) in [5.74, 6) is -0.767. The molecule has 0 fully saturated rings. The van der Waals surface area contributed by atoms with Crippen molar-refractivity contribution in [2.75, 3.05) is 0 Å². The van der Waals surface area contributed by atoms with Gasteiger partial charge < -0.3 is 0 Å². The highest BCUT2D eigenvalue weighted by molar-refractivity contribution is 6.44. The Labute approximate surface area is 103 Å². The summed E-state index contributed by atoms with van der Waals surface area (Å²) in [6.07, 6.45) is 4.08. The Kier molecular flexibility index (Phi) is 5.61. The predicted octanol–water partition coefficient (Wildman–Crippen LogP) is 3.65. The van der Waals surface area contributed by atoms with Crippen molar-refractivity contribution in [3.63, 3.8) is 0 Å². The van der Waals surface area contributed by atoms with Crippen molar-refractivity contribution in [2.24, 2.45) is 5.92 Å². The molecule has 2 nitrogen and oxygen atoms in total. The monoisotopic (exact) mass is 232 g/mol. The average Bonchev–Trinajstić information content (AvgIpc) is 2.38. The summed E-state index contributed by atoms with van der Waals surface area (Å²) in [5.41, 5.74) is 0.500. The Hall–Kier alpha value is -1.44. The second-order valence-corrected chi connectivity index (χ2v) is 4.46. The normalized spacial score (nSPS) is 12.1. The van der Waals surface area contributed by atoms with Crippen LogP contribution in [0.5, 0.6) is 0 Å². The predicted molar refractivity (Wildman–Crippen MR) is 69.1 cm³/mol. The molecule has 0 aliphatic carbocycles. The highest BCUT2D eigenvalue weighted by atomic mass is 16.2. The van der Waals surface area contributed by atoms with E-state index in [1.807, 2.05) is 13.0 Å². The summed E-state index contributed by atoms with van der Waals surface area (Å²) >= 11 is 0. The molecule has 1 unspecified atom stereocenters. The third kappa shape index (κ3) is 4.14. The van der Waals surface area contributed by atoms with E-state index in [9.17, 15) is 9.59 Å². The van der Waals surface area contributed by atoms with Gasteiger partial charge in [-0.05, 0) is 6.42 Å². The Bertz CT molecular complexity index is 368. The number of unbranched alkanes of at least 4 members (excludes halogenated alkanes) is 2. The number of rotatable bonds is 7. The number of ketones is 2. The van der Waals surface area contributed by atoms with Gasteiger partial charge in [-0.3, -0.25) is 9.59 Å². The van der Waals surface area contributed by atoms with Crippen LogP contribution in [-0.2, 0) is 4.79 Å². The molecular weight excluding hydrogens is 212 g/mol. The van der Waals surface area contributed by atoms with Gasteiger partial charge in [0.1, 0.15) is 0 Å². The van der Waals surface area contributed by atoms with E-state index in [-0.39, 0.29) is 17.5 Å². The number of Topliss-reactive ketones (excluding diaryl/α,β-unsaturated/α-hetero) is 2. The molecule has 0 aliphatic rings. The standard InChI is InChI=1S/C15H20O2/c1-3-4-6-9-12(2)14(16)15(17)13-10-7-5-8-11-13/h5,7-8,10-12H,3-4,6,9H2,1-2H3. The fourth-order valence-corrected chi connectivity index (χ4v) is 1.79. The first-order valence-electron chi connectivity index (χ1n) is 6.30. The summed E-state index contributed by atoms with van der Waals surface area (Å²) in [4.78, 5) is 23.8. The lowest BCUT2D eigenvalue weighted by Gasteiger charge is -2.08. The third-order valence-electron chi connectivity index (χ3n) is 2.95. The minimum absolute atomic E-state index is 0.158. The van der Waals surface area contributed by atoms with Gasteiger partial charge in [0.05, 0.1) is 0 Å². The first-order chi connectivity index (χ1) is 8.16. The van der Waals surface area contributed by atoms with Crippen molar-refractivity contribution in [2.45, 2.75) is 39.5 Å². The molecule has 1 aromatic rings. The fraction of sp³-hybridized carbons (Fsp3) is 0.467. The Morgan fingerprint density at radius 2 is 1.76 bits per heavy atom. The lowest BCUT2D eigenvalue weighted by Crippen LogP contribution is -2.21. The smallest absolute Gasteiger partial charge is 0.228 e. The van der Waals surface area contributed by atoms with E-state index in [1.165, 1.54) is 0 Å². The van der Waals surface area contributed by atoms with Gasteiger partial charge in [0, 0.05) is 11.5 Å². The van der Waals surface area contributed by atoms with Crippen LogP contribution in [0.3, 0.4) is 0 Å². The van der Waals surface area contributed by atoms with Gasteiger partial charge in [-0.1, -0.05) is 63.4 Å². The van der Waals surface area contributed by atoms with Gasteiger partial charge in [0.2, 0.25) is 11.6 Å². The molecule has 0 saturated heterocycles. The molecule has 1 aromatic carbocycles. The Morgan fingerprint density at radius 1 is 1.12 bits per heavy atom. The van der Waals surface area contributed by atoms with Gasteiger partial charge in [-0.25, -0.2) is 0 Å². The summed E-state index contributed by atoms with van der Waals surface area (Å²) in [7, 11) is 0. The van der Waals surface area contributed by atoms with Gasteiger partial charge in [-0.15, -0.1) is 0 Å². The summed E-state index contributed by atoms with van der Waals surface area (Å²) < 4.78 is 0. The molecule has 0 aromatic heterocycles. The zero-order chi connectivity index (χ0) is 12.7. The fourth-order valence-electron chi connectivity index (χ4n) is 1.79. The molecule has 0 saturated carbocycles. The summed E-state index contributed by atoms with van der Waals surface area (Å²) in [6, 6.07) is 8.79. The maximum absolute atomic E-state index is 11.9. The number of carbonyl (C=O) groups excluding carboxylic acids is 2. The molecule has 0 bridgehead atoms. The number of hydrogen-bond donors (Lipinski definition) is 0. The molecule has 2 heteroatoms. The van der Waals surface area contributed by atoms with Crippen LogP contribution in [0, 0.1) is 5.92 Å². The van der Waals surface area contributed by atoms with E-state index < -0.39 is 0 Å². The molecule has 1 atom stereocenters. The van der Waals surface area contributed by atoms with Crippen molar-refractivity contribution in [3.8, 4) is 0 Å². The maximum atomic E-state index is 11.9. The van der Waals surface area contributed by atoms with Gasteiger partial charge in [-0.2, -0.15) is 0 Å². The van der Waals surface area contributed by atoms with Crippen molar-refractivity contribution in [1.29, 1.82) is 0 Å².